The Hall–Kier alpha value is -0.770. The van der Waals surface area contributed by atoms with E-state index >= 15 is 0 Å². The molecule has 2 rings (SSSR count). The molecule has 19 heavy (non-hydrogen) atoms. The van der Waals surface area contributed by atoms with Gasteiger partial charge in [0.25, 0.3) is 0 Å². The van der Waals surface area contributed by atoms with E-state index in [9.17, 15) is 0 Å². The summed E-state index contributed by atoms with van der Waals surface area (Å²) in [6.07, 6.45) is 2.27. The number of halogens is 1. The predicted molar refractivity (Wildman–Crippen MR) is 80.1 cm³/mol. The van der Waals surface area contributed by atoms with Gasteiger partial charge in [0.15, 0.2) is 0 Å². The number of nitrogens with zero attached hydrogens (tertiary/aromatic N) is 1. The van der Waals surface area contributed by atoms with Crippen LogP contribution in [0.25, 0.3) is 0 Å². The largest absolute Gasteiger partial charge is 0.494 e. The zero-order valence-corrected chi connectivity index (χ0v) is 12.3. The van der Waals surface area contributed by atoms with E-state index in [1.165, 1.54) is 13.0 Å². The van der Waals surface area contributed by atoms with Gasteiger partial charge in [-0.1, -0.05) is 17.7 Å². The summed E-state index contributed by atoms with van der Waals surface area (Å²) in [5, 5.41) is 4.14. The van der Waals surface area contributed by atoms with Crippen molar-refractivity contribution in [2.45, 2.75) is 25.8 Å². The van der Waals surface area contributed by atoms with Crippen LogP contribution >= 0.6 is 11.6 Å². The van der Waals surface area contributed by atoms with Crippen molar-refractivity contribution in [2.75, 3.05) is 32.8 Å². The molecule has 0 spiro atoms. The van der Waals surface area contributed by atoms with Gasteiger partial charge >= 0.3 is 0 Å². The van der Waals surface area contributed by atoms with E-state index in [4.69, 9.17) is 16.3 Å². The SMILES string of the molecule is CC1CNCCN1CCCCOc1cccc(Cl)c1. The Morgan fingerprint density at radius 1 is 1.42 bits per heavy atom. The van der Waals surface area contributed by atoms with Crippen molar-refractivity contribution in [1.82, 2.24) is 10.2 Å². The lowest BCUT2D eigenvalue weighted by Crippen LogP contribution is -2.49. The van der Waals surface area contributed by atoms with Gasteiger partial charge in [-0.3, -0.25) is 4.90 Å². The number of ether oxygens (including phenoxy) is 1. The molecule has 1 aromatic carbocycles. The van der Waals surface area contributed by atoms with E-state index in [0.717, 1.165) is 43.4 Å². The van der Waals surface area contributed by atoms with Gasteiger partial charge in [0.05, 0.1) is 6.61 Å². The maximum Gasteiger partial charge on any atom is 0.120 e. The third kappa shape index (κ3) is 5.01. The molecule has 1 unspecified atom stereocenters. The van der Waals surface area contributed by atoms with Crippen LogP contribution in [0, 0.1) is 0 Å². The molecule has 1 atom stereocenters. The van der Waals surface area contributed by atoms with Crippen molar-refractivity contribution in [1.29, 1.82) is 0 Å². The van der Waals surface area contributed by atoms with Crippen molar-refractivity contribution in [3.63, 3.8) is 0 Å². The van der Waals surface area contributed by atoms with Crippen molar-refractivity contribution in [3.05, 3.63) is 29.3 Å². The average molecular weight is 283 g/mol. The van der Waals surface area contributed by atoms with Gasteiger partial charge in [0.2, 0.25) is 0 Å². The van der Waals surface area contributed by atoms with Crippen LogP contribution in [0.4, 0.5) is 0 Å². The van der Waals surface area contributed by atoms with Gasteiger partial charge in [0.1, 0.15) is 5.75 Å². The molecule has 0 bridgehead atoms. The normalized spacial score (nSPS) is 20.4. The Labute approximate surface area is 120 Å². The number of unbranched alkanes of at least 4 members (excludes halogenated alkanes) is 1. The summed E-state index contributed by atoms with van der Waals surface area (Å²) in [6, 6.07) is 8.24. The second kappa shape index (κ2) is 7.73. The quantitative estimate of drug-likeness (QED) is 0.812. The van der Waals surface area contributed by atoms with Gasteiger partial charge in [-0.15, -0.1) is 0 Å². The fourth-order valence-electron chi connectivity index (χ4n) is 2.38. The van der Waals surface area contributed by atoms with Gasteiger partial charge in [0, 0.05) is 30.7 Å². The lowest BCUT2D eigenvalue weighted by molar-refractivity contribution is 0.166. The van der Waals surface area contributed by atoms with Crippen molar-refractivity contribution in [3.8, 4) is 5.75 Å². The van der Waals surface area contributed by atoms with E-state index < -0.39 is 0 Å². The van der Waals surface area contributed by atoms with Gasteiger partial charge in [-0.05, 0) is 44.5 Å². The van der Waals surface area contributed by atoms with Crippen LogP contribution in [0.3, 0.4) is 0 Å². The molecule has 1 heterocycles. The fourth-order valence-corrected chi connectivity index (χ4v) is 2.56. The minimum absolute atomic E-state index is 0.655. The standard InChI is InChI=1S/C15H23ClN2O/c1-13-12-17-7-9-18(13)8-2-3-10-19-15-6-4-5-14(16)11-15/h4-6,11,13,17H,2-3,7-10,12H2,1H3. The molecule has 1 saturated heterocycles. The number of nitrogens with one attached hydrogen (secondary N) is 1. The van der Waals surface area contributed by atoms with Gasteiger partial charge in [-0.25, -0.2) is 0 Å². The highest BCUT2D eigenvalue weighted by Gasteiger charge is 2.16. The summed E-state index contributed by atoms with van der Waals surface area (Å²) < 4.78 is 5.69. The van der Waals surface area contributed by atoms with Crippen LogP contribution in [0.1, 0.15) is 19.8 Å². The summed E-state index contributed by atoms with van der Waals surface area (Å²) >= 11 is 5.91. The zero-order chi connectivity index (χ0) is 13.5. The molecule has 3 nitrogen and oxygen atoms in total. The van der Waals surface area contributed by atoms with Crippen LogP contribution in [-0.2, 0) is 0 Å². The minimum atomic E-state index is 0.655. The van der Waals surface area contributed by atoms with Gasteiger partial charge < -0.3 is 10.1 Å². The Morgan fingerprint density at radius 2 is 2.32 bits per heavy atom. The molecule has 1 aliphatic rings. The highest BCUT2D eigenvalue weighted by atomic mass is 35.5. The zero-order valence-electron chi connectivity index (χ0n) is 11.6. The third-order valence-electron chi connectivity index (χ3n) is 3.54. The molecule has 0 radical (unpaired) electrons. The van der Waals surface area contributed by atoms with E-state index in [-0.39, 0.29) is 0 Å². The molecule has 1 N–H and O–H groups in total. The summed E-state index contributed by atoms with van der Waals surface area (Å²) in [5.41, 5.74) is 0. The van der Waals surface area contributed by atoms with Crippen molar-refractivity contribution >= 4 is 11.6 Å². The third-order valence-corrected chi connectivity index (χ3v) is 3.78. The average Bonchev–Trinajstić information content (AvgIpc) is 2.40. The highest BCUT2D eigenvalue weighted by Crippen LogP contribution is 2.17. The Bertz CT molecular complexity index is 386. The Kier molecular flexibility index (Phi) is 5.95. The maximum atomic E-state index is 5.91. The van der Waals surface area contributed by atoms with E-state index in [0.29, 0.717) is 6.04 Å². The monoisotopic (exact) mass is 282 g/mol. The lowest BCUT2D eigenvalue weighted by Gasteiger charge is -2.33. The summed E-state index contributed by atoms with van der Waals surface area (Å²) in [5.74, 6) is 0.864. The van der Waals surface area contributed by atoms with E-state index in [2.05, 4.69) is 17.1 Å². The lowest BCUT2D eigenvalue weighted by atomic mass is 10.2. The van der Waals surface area contributed by atoms with Crippen molar-refractivity contribution in [2.24, 2.45) is 0 Å². The van der Waals surface area contributed by atoms with E-state index in [1.807, 2.05) is 24.3 Å². The molecule has 4 heteroatoms. The number of hydrogen-bond donors (Lipinski definition) is 1. The molecular formula is C15H23ClN2O. The maximum absolute atomic E-state index is 5.91. The van der Waals surface area contributed by atoms with Crippen LogP contribution in [0.2, 0.25) is 5.02 Å². The first-order valence-electron chi connectivity index (χ1n) is 7.09. The van der Waals surface area contributed by atoms with E-state index in [1.54, 1.807) is 0 Å². The van der Waals surface area contributed by atoms with Crippen LogP contribution in [-0.4, -0.2) is 43.7 Å². The second-order valence-electron chi connectivity index (χ2n) is 5.10. The molecule has 0 aromatic heterocycles. The van der Waals surface area contributed by atoms with Crippen LogP contribution in [0.15, 0.2) is 24.3 Å². The summed E-state index contributed by atoms with van der Waals surface area (Å²) in [4.78, 5) is 2.55. The number of hydrogen-bond acceptors (Lipinski definition) is 3. The molecule has 106 valence electrons. The number of piperazine rings is 1. The van der Waals surface area contributed by atoms with Crippen molar-refractivity contribution < 1.29 is 4.74 Å². The molecule has 1 aliphatic heterocycles. The molecule has 0 amide bonds. The summed E-state index contributed by atoms with van der Waals surface area (Å²) in [7, 11) is 0. The second-order valence-corrected chi connectivity index (χ2v) is 5.54. The fraction of sp³-hybridized carbons (Fsp3) is 0.600. The Balaban J connectivity index is 1.59. The molecule has 1 fully saturated rings. The number of rotatable bonds is 6. The van der Waals surface area contributed by atoms with Crippen LogP contribution < -0.4 is 10.1 Å². The minimum Gasteiger partial charge on any atom is -0.494 e. The first-order chi connectivity index (χ1) is 9.25. The molecule has 0 aliphatic carbocycles. The molecule has 0 saturated carbocycles. The predicted octanol–water partition coefficient (Wildman–Crippen LogP) is 2.79. The van der Waals surface area contributed by atoms with Crippen LogP contribution in [0.5, 0.6) is 5.75 Å². The molecule has 1 aromatic rings. The first-order valence-corrected chi connectivity index (χ1v) is 7.46. The highest BCUT2D eigenvalue weighted by molar-refractivity contribution is 6.30. The van der Waals surface area contributed by atoms with Gasteiger partial charge in [-0.2, -0.15) is 0 Å². The topological polar surface area (TPSA) is 24.5 Å². The number of benzene rings is 1. The first kappa shape index (κ1) is 14.6. The summed E-state index contributed by atoms with van der Waals surface area (Å²) in [6.45, 7) is 7.61. The smallest absolute Gasteiger partial charge is 0.120 e. The Morgan fingerprint density at radius 3 is 3.11 bits per heavy atom. The molecular weight excluding hydrogens is 260 g/mol.